The van der Waals surface area contributed by atoms with E-state index in [0.29, 0.717) is 0 Å². The molecule has 5 nitrogen and oxygen atoms in total. The van der Waals surface area contributed by atoms with Gasteiger partial charge in [0.25, 0.3) is 0 Å². The molecule has 7 heteroatoms. The molecular formula is C21H30FIN4O. The standard InChI is InChI=1S/C21H29FN4O.HI/c1-23-21(24-11-5-8-17-7-4-9-18(22)15-17)25-16-19(20-10-6-14-27-20)26-12-2-3-13-26;/h4,6-7,9-10,14-15,19H,2-3,5,8,11-13,16H2,1H3,(H2,23,24,25);1H. The lowest BCUT2D eigenvalue weighted by Gasteiger charge is -2.26. The fourth-order valence-corrected chi connectivity index (χ4v) is 3.55. The lowest BCUT2D eigenvalue weighted by molar-refractivity contribution is 0.215. The van der Waals surface area contributed by atoms with Crippen LogP contribution in [0.1, 0.15) is 36.6 Å². The first-order chi connectivity index (χ1) is 13.3. The summed E-state index contributed by atoms with van der Waals surface area (Å²) >= 11 is 0. The quantitative estimate of drug-likeness (QED) is 0.249. The molecule has 2 N–H and O–H groups in total. The van der Waals surface area contributed by atoms with E-state index in [0.717, 1.165) is 56.3 Å². The molecule has 0 aliphatic carbocycles. The van der Waals surface area contributed by atoms with E-state index in [1.165, 1.54) is 18.9 Å². The summed E-state index contributed by atoms with van der Waals surface area (Å²) < 4.78 is 18.9. The fourth-order valence-electron chi connectivity index (χ4n) is 3.55. The molecule has 1 aliphatic heterocycles. The number of rotatable bonds is 8. The third-order valence-electron chi connectivity index (χ3n) is 4.96. The van der Waals surface area contributed by atoms with Gasteiger partial charge in [-0.3, -0.25) is 9.89 Å². The molecule has 0 amide bonds. The Labute approximate surface area is 183 Å². The maximum absolute atomic E-state index is 13.2. The van der Waals surface area contributed by atoms with E-state index in [1.807, 2.05) is 18.2 Å². The molecule has 1 aromatic heterocycles. The minimum absolute atomic E-state index is 0. The average Bonchev–Trinajstić information content (AvgIpc) is 3.38. The van der Waals surface area contributed by atoms with Crippen molar-refractivity contribution in [3.63, 3.8) is 0 Å². The largest absolute Gasteiger partial charge is 0.468 e. The summed E-state index contributed by atoms with van der Waals surface area (Å²) in [6.07, 6.45) is 5.97. The minimum atomic E-state index is -0.177. The fraction of sp³-hybridized carbons (Fsp3) is 0.476. The lowest BCUT2D eigenvalue weighted by Crippen LogP contribution is -2.42. The number of nitrogens with zero attached hydrogens (tertiary/aromatic N) is 2. The van der Waals surface area contributed by atoms with Gasteiger partial charge >= 0.3 is 0 Å². The maximum Gasteiger partial charge on any atom is 0.191 e. The predicted molar refractivity (Wildman–Crippen MR) is 122 cm³/mol. The van der Waals surface area contributed by atoms with Crippen molar-refractivity contribution in [2.24, 2.45) is 4.99 Å². The van der Waals surface area contributed by atoms with Crippen molar-refractivity contribution >= 4 is 29.9 Å². The first-order valence-electron chi connectivity index (χ1n) is 9.72. The van der Waals surface area contributed by atoms with Crippen molar-refractivity contribution < 1.29 is 8.81 Å². The Balaban J connectivity index is 0.00000280. The van der Waals surface area contributed by atoms with E-state index in [9.17, 15) is 4.39 Å². The second-order valence-corrected chi connectivity index (χ2v) is 6.89. The van der Waals surface area contributed by atoms with Crippen LogP contribution in [0.15, 0.2) is 52.1 Å². The van der Waals surface area contributed by atoms with Gasteiger partial charge in [0, 0.05) is 20.1 Å². The summed E-state index contributed by atoms with van der Waals surface area (Å²) in [5.41, 5.74) is 1.02. The molecule has 0 bridgehead atoms. The molecule has 0 radical (unpaired) electrons. The van der Waals surface area contributed by atoms with Crippen LogP contribution in [0.4, 0.5) is 4.39 Å². The molecular weight excluding hydrogens is 470 g/mol. The lowest BCUT2D eigenvalue weighted by atomic mass is 10.1. The maximum atomic E-state index is 13.2. The number of hydrogen-bond donors (Lipinski definition) is 2. The van der Waals surface area contributed by atoms with Gasteiger partial charge in [-0.15, -0.1) is 24.0 Å². The molecule has 1 fully saturated rings. The summed E-state index contributed by atoms with van der Waals surface area (Å²) in [7, 11) is 1.78. The second-order valence-electron chi connectivity index (χ2n) is 6.89. The highest BCUT2D eigenvalue weighted by molar-refractivity contribution is 14.0. The highest BCUT2D eigenvalue weighted by Crippen LogP contribution is 2.24. The zero-order valence-corrected chi connectivity index (χ0v) is 18.7. The summed E-state index contributed by atoms with van der Waals surface area (Å²) in [6.45, 7) is 3.74. The van der Waals surface area contributed by atoms with E-state index < -0.39 is 0 Å². The van der Waals surface area contributed by atoms with Crippen LogP contribution in [-0.2, 0) is 6.42 Å². The Bertz CT molecular complexity index is 717. The molecule has 1 aliphatic rings. The topological polar surface area (TPSA) is 52.8 Å². The van der Waals surface area contributed by atoms with Crippen LogP contribution in [0.2, 0.25) is 0 Å². The van der Waals surface area contributed by atoms with Crippen molar-refractivity contribution in [3.05, 3.63) is 59.8 Å². The van der Waals surface area contributed by atoms with Gasteiger partial charge in [0.1, 0.15) is 11.6 Å². The second kappa shape index (κ2) is 12.1. The summed E-state index contributed by atoms with van der Waals surface area (Å²) in [5, 5.41) is 6.76. The number of furan rings is 1. The van der Waals surface area contributed by atoms with E-state index in [4.69, 9.17) is 4.42 Å². The van der Waals surface area contributed by atoms with Gasteiger partial charge in [-0.1, -0.05) is 12.1 Å². The number of halogens is 2. The highest BCUT2D eigenvalue weighted by Gasteiger charge is 2.25. The summed E-state index contributed by atoms with van der Waals surface area (Å²) in [6, 6.07) is 11.0. The molecule has 2 heterocycles. The van der Waals surface area contributed by atoms with Crippen LogP contribution in [0.5, 0.6) is 0 Å². The number of benzene rings is 1. The summed E-state index contributed by atoms with van der Waals surface area (Å²) in [4.78, 5) is 6.77. The van der Waals surface area contributed by atoms with Crippen LogP contribution in [0, 0.1) is 5.82 Å². The van der Waals surface area contributed by atoms with Crippen molar-refractivity contribution in [2.45, 2.75) is 31.7 Å². The molecule has 2 aromatic rings. The normalized spacial score (nSPS) is 15.9. The van der Waals surface area contributed by atoms with E-state index >= 15 is 0 Å². The Morgan fingerprint density at radius 3 is 2.71 bits per heavy atom. The van der Waals surface area contributed by atoms with E-state index in [1.54, 1.807) is 25.4 Å². The van der Waals surface area contributed by atoms with E-state index in [-0.39, 0.29) is 35.8 Å². The van der Waals surface area contributed by atoms with Gasteiger partial charge in [0.05, 0.1) is 12.3 Å². The predicted octanol–water partition coefficient (Wildman–Crippen LogP) is 3.97. The van der Waals surface area contributed by atoms with Gasteiger partial charge in [-0.2, -0.15) is 0 Å². The Morgan fingerprint density at radius 2 is 2.04 bits per heavy atom. The number of likely N-dealkylation sites (tertiary alicyclic amines) is 1. The van der Waals surface area contributed by atoms with Crippen LogP contribution < -0.4 is 10.6 Å². The van der Waals surface area contributed by atoms with Crippen molar-refractivity contribution in [1.29, 1.82) is 0 Å². The Morgan fingerprint density at radius 1 is 1.21 bits per heavy atom. The molecule has 1 aromatic carbocycles. The van der Waals surface area contributed by atoms with Crippen LogP contribution in [0.3, 0.4) is 0 Å². The van der Waals surface area contributed by atoms with Crippen molar-refractivity contribution in [2.75, 3.05) is 33.2 Å². The van der Waals surface area contributed by atoms with E-state index in [2.05, 4.69) is 20.5 Å². The molecule has 1 atom stereocenters. The number of aryl methyl sites for hydroxylation is 1. The molecule has 0 saturated carbocycles. The third kappa shape index (κ3) is 6.77. The zero-order valence-electron chi connectivity index (χ0n) is 16.4. The minimum Gasteiger partial charge on any atom is -0.468 e. The molecule has 1 unspecified atom stereocenters. The van der Waals surface area contributed by atoms with Crippen LogP contribution >= 0.6 is 24.0 Å². The van der Waals surface area contributed by atoms with Gasteiger partial charge in [-0.25, -0.2) is 4.39 Å². The third-order valence-corrected chi connectivity index (χ3v) is 4.96. The number of nitrogens with one attached hydrogen (secondary N) is 2. The average molecular weight is 500 g/mol. The molecule has 1 saturated heterocycles. The van der Waals surface area contributed by atoms with Crippen molar-refractivity contribution in [1.82, 2.24) is 15.5 Å². The molecule has 154 valence electrons. The van der Waals surface area contributed by atoms with Crippen LogP contribution in [-0.4, -0.2) is 44.1 Å². The smallest absolute Gasteiger partial charge is 0.191 e. The van der Waals surface area contributed by atoms with Gasteiger partial charge in [0.15, 0.2) is 5.96 Å². The Hall–Kier alpha value is -1.61. The number of hydrogen-bond acceptors (Lipinski definition) is 3. The molecule has 0 spiro atoms. The van der Waals surface area contributed by atoms with Gasteiger partial charge in [-0.05, 0) is 68.6 Å². The Kier molecular flexibility index (Phi) is 9.77. The summed E-state index contributed by atoms with van der Waals surface area (Å²) in [5.74, 6) is 1.60. The van der Waals surface area contributed by atoms with Crippen molar-refractivity contribution in [3.8, 4) is 0 Å². The zero-order chi connectivity index (χ0) is 18.9. The molecule has 28 heavy (non-hydrogen) atoms. The van der Waals surface area contributed by atoms with Crippen LogP contribution in [0.25, 0.3) is 0 Å². The number of guanidine groups is 1. The number of aliphatic imine (C=N–C) groups is 1. The van der Waals surface area contributed by atoms with Gasteiger partial charge in [0.2, 0.25) is 0 Å². The SMILES string of the molecule is CN=C(NCCCc1cccc(F)c1)NCC(c1ccco1)N1CCCC1.I. The first kappa shape index (κ1) is 22.7. The molecule has 3 rings (SSSR count). The highest BCUT2D eigenvalue weighted by atomic mass is 127. The monoisotopic (exact) mass is 500 g/mol. The first-order valence-corrected chi connectivity index (χ1v) is 9.72. The van der Waals surface area contributed by atoms with Gasteiger partial charge < -0.3 is 15.1 Å².